The molecule has 0 aliphatic heterocycles. The van der Waals surface area contributed by atoms with Crippen molar-refractivity contribution in [3.63, 3.8) is 0 Å². The van der Waals surface area contributed by atoms with Crippen LogP contribution in [0.25, 0.3) is 6.08 Å². The van der Waals surface area contributed by atoms with Crippen molar-refractivity contribution >= 4 is 23.4 Å². The minimum Gasteiger partial charge on any atom is -0.508 e. The number of rotatable bonds is 6. The third-order valence-corrected chi connectivity index (χ3v) is 3.52. The minimum atomic E-state index is -0.757. The van der Waals surface area contributed by atoms with Gasteiger partial charge in [-0.05, 0) is 36.4 Å². The molecular weight excluding hydrogens is 354 g/mol. The zero-order valence-electron chi connectivity index (χ0n) is 14.4. The van der Waals surface area contributed by atoms with E-state index in [4.69, 9.17) is 9.47 Å². The van der Waals surface area contributed by atoms with E-state index < -0.39 is 10.8 Å². The number of methoxy groups -OCH3 is 2. The molecule has 2 aromatic rings. The molecule has 27 heavy (non-hydrogen) atoms. The summed E-state index contributed by atoms with van der Waals surface area (Å²) in [6.45, 7) is 0. The minimum absolute atomic E-state index is 0.00931. The zero-order chi connectivity index (χ0) is 20.0. The molecule has 9 heteroatoms. The summed E-state index contributed by atoms with van der Waals surface area (Å²) in [6.07, 6.45) is 1.09. The second-order valence-electron chi connectivity index (χ2n) is 5.19. The van der Waals surface area contributed by atoms with Gasteiger partial charge >= 0.3 is 0 Å². The monoisotopic (exact) mass is 369 g/mol. The molecule has 0 saturated heterocycles. The number of anilines is 1. The van der Waals surface area contributed by atoms with E-state index in [1.54, 1.807) is 6.07 Å². The highest BCUT2D eigenvalue weighted by atomic mass is 16.6. The van der Waals surface area contributed by atoms with Gasteiger partial charge in [-0.2, -0.15) is 5.26 Å². The van der Waals surface area contributed by atoms with Crippen LogP contribution in [0.4, 0.5) is 11.4 Å². The zero-order valence-corrected chi connectivity index (χ0v) is 14.4. The first kappa shape index (κ1) is 19.3. The summed E-state index contributed by atoms with van der Waals surface area (Å²) < 4.78 is 10.1. The number of nitrogens with one attached hydrogen (secondary N) is 1. The maximum absolute atomic E-state index is 12.3. The van der Waals surface area contributed by atoms with E-state index in [0.29, 0.717) is 5.69 Å². The molecule has 0 saturated carbocycles. The molecule has 138 valence electrons. The van der Waals surface area contributed by atoms with Crippen LogP contribution in [0.1, 0.15) is 5.56 Å². The normalized spacial score (nSPS) is 10.6. The van der Waals surface area contributed by atoms with Crippen molar-refractivity contribution < 1.29 is 24.3 Å². The van der Waals surface area contributed by atoms with Crippen molar-refractivity contribution in [3.05, 3.63) is 57.6 Å². The summed E-state index contributed by atoms with van der Waals surface area (Å²) in [7, 11) is 2.70. The smallest absolute Gasteiger partial charge is 0.280 e. The summed E-state index contributed by atoms with van der Waals surface area (Å²) >= 11 is 0. The number of carbonyl (C=O) groups excluding carboxylic acids is 1. The standard InChI is InChI=1S/C18H15N3O6/c1-26-16-8-11(15(21(24)25)9-17(16)27-2)7-12(10-19)18(23)20-13-3-5-14(22)6-4-13/h3-9,22H,1-2H3,(H,20,23). The topological polar surface area (TPSA) is 135 Å². The number of nitro benzene ring substituents is 1. The third-order valence-electron chi connectivity index (χ3n) is 3.52. The van der Waals surface area contributed by atoms with Crippen LogP contribution in [-0.4, -0.2) is 30.2 Å². The van der Waals surface area contributed by atoms with Crippen LogP contribution < -0.4 is 14.8 Å². The Morgan fingerprint density at radius 3 is 2.33 bits per heavy atom. The largest absolute Gasteiger partial charge is 0.508 e. The average Bonchev–Trinajstić information content (AvgIpc) is 2.66. The number of hydrogen-bond donors (Lipinski definition) is 2. The maximum Gasteiger partial charge on any atom is 0.280 e. The molecular formula is C18H15N3O6. The molecule has 0 aliphatic rings. The Labute approximate surface area is 154 Å². The highest BCUT2D eigenvalue weighted by molar-refractivity contribution is 6.10. The van der Waals surface area contributed by atoms with E-state index in [2.05, 4.69) is 5.32 Å². The van der Waals surface area contributed by atoms with E-state index >= 15 is 0 Å². The highest BCUT2D eigenvalue weighted by Crippen LogP contribution is 2.35. The molecule has 0 radical (unpaired) electrons. The fourth-order valence-corrected chi connectivity index (χ4v) is 2.20. The Hall–Kier alpha value is -4.06. The van der Waals surface area contributed by atoms with Gasteiger partial charge in [-0.3, -0.25) is 14.9 Å². The molecule has 9 nitrogen and oxygen atoms in total. The number of phenolic OH excluding ortho intramolecular Hbond substituents is 1. The molecule has 0 atom stereocenters. The van der Waals surface area contributed by atoms with E-state index in [1.165, 1.54) is 44.6 Å². The van der Waals surface area contributed by atoms with Gasteiger partial charge in [0.2, 0.25) is 0 Å². The average molecular weight is 369 g/mol. The van der Waals surface area contributed by atoms with Crippen LogP contribution in [-0.2, 0) is 4.79 Å². The second kappa shape index (κ2) is 8.35. The first-order chi connectivity index (χ1) is 12.9. The van der Waals surface area contributed by atoms with E-state index in [0.717, 1.165) is 12.1 Å². The van der Waals surface area contributed by atoms with Crippen LogP contribution in [0.5, 0.6) is 17.2 Å². The number of aromatic hydroxyl groups is 1. The van der Waals surface area contributed by atoms with Gasteiger partial charge in [0.05, 0.1) is 30.8 Å². The lowest BCUT2D eigenvalue weighted by Crippen LogP contribution is -2.13. The van der Waals surface area contributed by atoms with Gasteiger partial charge < -0.3 is 19.9 Å². The van der Waals surface area contributed by atoms with Crippen LogP contribution in [0.2, 0.25) is 0 Å². The van der Waals surface area contributed by atoms with Gasteiger partial charge in [-0.1, -0.05) is 0 Å². The third kappa shape index (κ3) is 4.52. The molecule has 0 aliphatic carbocycles. The van der Waals surface area contributed by atoms with Crippen molar-refractivity contribution in [2.45, 2.75) is 0 Å². The lowest BCUT2D eigenvalue weighted by molar-refractivity contribution is -0.385. The van der Waals surface area contributed by atoms with Gasteiger partial charge in [0.25, 0.3) is 11.6 Å². The van der Waals surface area contributed by atoms with Gasteiger partial charge in [0, 0.05) is 5.69 Å². The summed E-state index contributed by atoms with van der Waals surface area (Å²) in [5, 5.41) is 32.3. The second-order valence-corrected chi connectivity index (χ2v) is 5.19. The Kier molecular flexibility index (Phi) is 5.96. The predicted molar refractivity (Wildman–Crippen MR) is 96.5 cm³/mol. The van der Waals surface area contributed by atoms with E-state index in [-0.39, 0.29) is 34.1 Å². The molecule has 0 unspecified atom stereocenters. The molecule has 2 rings (SSSR count). The van der Waals surface area contributed by atoms with Gasteiger partial charge in [0.1, 0.15) is 17.4 Å². The number of hydrogen-bond acceptors (Lipinski definition) is 7. The summed E-state index contributed by atoms with van der Waals surface area (Å²) in [5.41, 5.74) is -0.341. The fourth-order valence-electron chi connectivity index (χ4n) is 2.20. The first-order valence-electron chi connectivity index (χ1n) is 7.52. The Morgan fingerprint density at radius 2 is 1.81 bits per heavy atom. The van der Waals surface area contributed by atoms with Crippen molar-refractivity contribution in [1.29, 1.82) is 5.26 Å². The van der Waals surface area contributed by atoms with Gasteiger partial charge in [-0.25, -0.2) is 0 Å². The number of nitriles is 1. The first-order valence-corrected chi connectivity index (χ1v) is 7.52. The van der Waals surface area contributed by atoms with Crippen molar-refractivity contribution in [2.24, 2.45) is 0 Å². The van der Waals surface area contributed by atoms with Crippen molar-refractivity contribution in [3.8, 4) is 23.3 Å². The summed E-state index contributed by atoms with van der Waals surface area (Å²) in [5.74, 6) is -0.378. The molecule has 1 amide bonds. The number of nitro groups is 1. The molecule has 0 spiro atoms. The maximum atomic E-state index is 12.3. The Morgan fingerprint density at radius 1 is 1.22 bits per heavy atom. The molecule has 2 aromatic carbocycles. The molecule has 0 bridgehead atoms. The Balaban J connectivity index is 2.43. The predicted octanol–water partition coefficient (Wildman–Crippen LogP) is 2.86. The van der Waals surface area contributed by atoms with Crippen LogP contribution in [0, 0.1) is 21.4 Å². The van der Waals surface area contributed by atoms with Gasteiger partial charge in [-0.15, -0.1) is 0 Å². The van der Waals surface area contributed by atoms with Crippen LogP contribution in [0.15, 0.2) is 42.0 Å². The molecule has 0 heterocycles. The van der Waals surface area contributed by atoms with Gasteiger partial charge in [0.15, 0.2) is 11.5 Å². The highest BCUT2D eigenvalue weighted by Gasteiger charge is 2.20. The number of amides is 1. The van der Waals surface area contributed by atoms with E-state index in [1.807, 2.05) is 0 Å². The van der Waals surface area contributed by atoms with Crippen molar-refractivity contribution in [2.75, 3.05) is 19.5 Å². The number of benzene rings is 2. The number of nitrogens with zero attached hydrogens (tertiary/aromatic N) is 2. The summed E-state index contributed by atoms with van der Waals surface area (Å²) in [6, 6.07) is 9.80. The number of ether oxygens (including phenoxy) is 2. The molecule has 2 N–H and O–H groups in total. The van der Waals surface area contributed by atoms with Crippen LogP contribution in [0.3, 0.4) is 0 Å². The molecule has 0 fully saturated rings. The number of carbonyl (C=O) groups is 1. The SMILES string of the molecule is COc1cc(C=C(C#N)C(=O)Nc2ccc(O)cc2)c([N+](=O)[O-])cc1OC. The number of phenols is 1. The fraction of sp³-hybridized carbons (Fsp3) is 0.111. The quantitative estimate of drug-likeness (QED) is 0.263. The lowest BCUT2D eigenvalue weighted by atomic mass is 10.1. The summed E-state index contributed by atoms with van der Waals surface area (Å²) in [4.78, 5) is 23.0. The lowest BCUT2D eigenvalue weighted by Gasteiger charge is -2.09. The molecule has 0 aromatic heterocycles. The van der Waals surface area contributed by atoms with Crippen molar-refractivity contribution in [1.82, 2.24) is 0 Å². The Bertz CT molecular complexity index is 945. The van der Waals surface area contributed by atoms with Crippen LogP contribution >= 0.6 is 0 Å². The van der Waals surface area contributed by atoms with E-state index in [9.17, 15) is 25.3 Å².